The number of hydrogen-bond donors (Lipinski definition) is 2. The average Bonchev–Trinajstić information content (AvgIpc) is 2.46. The third-order valence-electron chi connectivity index (χ3n) is 3.55. The lowest BCUT2D eigenvalue weighted by Gasteiger charge is -2.29. The maximum atomic E-state index is 12.4. The Morgan fingerprint density at radius 1 is 1.55 bits per heavy atom. The van der Waals surface area contributed by atoms with Gasteiger partial charge >= 0.3 is 0 Å². The van der Waals surface area contributed by atoms with Gasteiger partial charge in [-0.15, -0.1) is 18.3 Å². The Morgan fingerprint density at radius 3 is 3.10 bits per heavy atom. The van der Waals surface area contributed by atoms with Crippen LogP contribution in [0.4, 0.5) is 5.69 Å². The number of hydrogen-bond acceptors (Lipinski definition) is 3. The number of anilines is 1. The van der Waals surface area contributed by atoms with Gasteiger partial charge in [-0.1, -0.05) is 25.1 Å². The second kappa shape index (κ2) is 7.50. The molecule has 2 unspecified atom stereocenters. The summed E-state index contributed by atoms with van der Waals surface area (Å²) in [5.41, 5.74) is 0.893. The van der Waals surface area contributed by atoms with Crippen LogP contribution in [0.3, 0.4) is 0 Å². The summed E-state index contributed by atoms with van der Waals surface area (Å²) in [6, 6.07) is 7.84. The fraction of sp³-hybridized carbons (Fsp3) is 0.438. The van der Waals surface area contributed by atoms with Crippen LogP contribution in [0, 0.1) is 5.92 Å². The van der Waals surface area contributed by atoms with Gasteiger partial charge in [-0.2, -0.15) is 0 Å². The number of nitrogens with one attached hydrogen (secondary N) is 2. The van der Waals surface area contributed by atoms with E-state index < -0.39 is 0 Å². The molecule has 2 N–H and O–H groups in total. The third kappa shape index (κ3) is 3.87. The molecule has 2 atom stereocenters. The number of amides is 1. The van der Waals surface area contributed by atoms with Gasteiger partial charge in [0.1, 0.15) is 0 Å². The summed E-state index contributed by atoms with van der Waals surface area (Å²) in [6.45, 7) is 6.79. The first-order valence-electron chi connectivity index (χ1n) is 7.09. The zero-order valence-electron chi connectivity index (χ0n) is 11.9. The van der Waals surface area contributed by atoms with E-state index in [9.17, 15) is 4.79 Å². The molecule has 0 aromatic heterocycles. The van der Waals surface area contributed by atoms with E-state index in [4.69, 9.17) is 0 Å². The predicted molar refractivity (Wildman–Crippen MR) is 86.2 cm³/mol. The van der Waals surface area contributed by atoms with E-state index in [-0.39, 0.29) is 11.9 Å². The van der Waals surface area contributed by atoms with Crippen molar-refractivity contribution in [3.05, 3.63) is 36.9 Å². The topological polar surface area (TPSA) is 41.1 Å². The summed E-state index contributed by atoms with van der Waals surface area (Å²) < 4.78 is 0. The second-order valence-corrected chi connectivity index (χ2v) is 6.20. The Bertz CT molecular complexity index is 475. The van der Waals surface area contributed by atoms with Crippen LogP contribution in [-0.2, 0) is 4.79 Å². The number of benzene rings is 1. The second-order valence-electron chi connectivity index (χ2n) is 5.14. The highest BCUT2D eigenvalue weighted by Crippen LogP contribution is 2.27. The molecule has 1 amide bonds. The maximum Gasteiger partial charge on any atom is 0.241 e. The number of thioether (sulfide) groups is 1. The molecular weight excluding hydrogens is 268 g/mol. The van der Waals surface area contributed by atoms with Crippen LogP contribution in [0.25, 0.3) is 0 Å². The van der Waals surface area contributed by atoms with Crippen LogP contribution in [0.15, 0.2) is 41.8 Å². The standard InChI is InChI=1S/C16H22N2OS/c1-3-11-20-14-9-5-4-8-13(14)18-16(19)15-12(2)7-6-10-17-15/h3-5,8-9,12,15,17H,1,6-7,10-11H2,2H3,(H,18,19). The Balaban J connectivity index is 2.05. The molecule has 20 heavy (non-hydrogen) atoms. The SMILES string of the molecule is C=CCSc1ccccc1NC(=O)C1NCCCC1C. The van der Waals surface area contributed by atoms with Gasteiger partial charge in [0.25, 0.3) is 0 Å². The van der Waals surface area contributed by atoms with E-state index in [1.807, 2.05) is 30.3 Å². The lowest BCUT2D eigenvalue weighted by molar-refractivity contribution is -0.119. The molecule has 0 bridgehead atoms. The van der Waals surface area contributed by atoms with E-state index in [0.29, 0.717) is 5.92 Å². The van der Waals surface area contributed by atoms with Crippen molar-refractivity contribution in [2.75, 3.05) is 17.6 Å². The first kappa shape index (κ1) is 15.1. The average molecular weight is 290 g/mol. The van der Waals surface area contributed by atoms with Gasteiger partial charge in [0.2, 0.25) is 5.91 Å². The summed E-state index contributed by atoms with van der Waals surface area (Å²) in [6.07, 6.45) is 4.13. The molecule has 1 fully saturated rings. The quantitative estimate of drug-likeness (QED) is 0.646. The largest absolute Gasteiger partial charge is 0.324 e. The molecular formula is C16H22N2OS. The molecule has 1 aromatic rings. The highest BCUT2D eigenvalue weighted by molar-refractivity contribution is 7.99. The van der Waals surface area contributed by atoms with Crippen LogP contribution in [0.1, 0.15) is 19.8 Å². The summed E-state index contributed by atoms with van der Waals surface area (Å²) in [4.78, 5) is 13.5. The third-order valence-corrected chi connectivity index (χ3v) is 4.62. The normalized spacial score (nSPS) is 22.2. The van der Waals surface area contributed by atoms with E-state index >= 15 is 0 Å². The Morgan fingerprint density at radius 2 is 2.35 bits per heavy atom. The minimum Gasteiger partial charge on any atom is -0.324 e. The fourth-order valence-electron chi connectivity index (χ4n) is 2.46. The van der Waals surface area contributed by atoms with Gasteiger partial charge in [-0.05, 0) is 37.4 Å². The molecule has 2 rings (SSSR count). The van der Waals surface area contributed by atoms with E-state index in [1.54, 1.807) is 11.8 Å². The molecule has 1 aliphatic rings. The molecule has 1 aliphatic heterocycles. The Kier molecular flexibility index (Phi) is 5.68. The van der Waals surface area contributed by atoms with Crippen LogP contribution in [-0.4, -0.2) is 24.2 Å². The van der Waals surface area contributed by atoms with Gasteiger partial charge in [0.05, 0.1) is 11.7 Å². The first-order valence-corrected chi connectivity index (χ1v) is 8.08. The summed E-state index contributed by atoms with van der Waals surface area (Å²) in [5, 5.41) is 6.38. The van der Waals surface area contributed by atoms with Crippen molar-refractivity contribution in [3.63, 3.8) is 0 Å². The molecule has 0 saturated carbocycles. The van der Waals surface area contributed by atoms with E-state index in [0.717, 1.165) is 35.7 Å². The van der Waals surface area contributed by atoms with Crippen molar-refractivity contribution >= 4 is 23.4 Å². The Hall–Kier alpha value is -1.26. The summed E-state index contributed by atoms with van der Waals surface area (Å²) in [7, 11) is 0. The van der Waals surface area contributed by atoms with Crippen molar-refractivity contribution in [2.24, 2.45) is 5.92 Å². The zero-order valence-corrected chi connectivity index (χ0v) is 12.7. The van der Waals surface area contributed by atoms with Gasteiger partial charge in [0.15, 0.2) is 0 Å². The van der Waals surface area contributed by atoms with Crippen LogP contribution < -0.4 is 10.6 Å². The number of carbonyl (C=O) groups excluding carboxylic acids is 1. The highest BCUT2D eigenvalue weighted by atomic mass is 32.2. The van der Waals surface area contributed by atoms with Gasteiger partial charge in [0, 0.05) is 10.6 Å². The molecule has 0 aliphatic carbocycles. The van der Waals surface area contributed by atoms with Gasteiger partial charge in [-0.3, -0.25) is 4.79 Å². The smallest absolute Gasteiger partial charge is 0.241 e. The number of piperidine rings is 1. The van der Waals surface area contributed by atoms with Crippen molar-refractivity contribution in [2.45, 2.75) is 30.7 Å². The minimum absolute atomic E-state index is 0.0730. The molecule has 1 saturated heterocycles. The molecule has 108 valence electrons. The monoisotopic (exact) mass is 290 g/mol. The Labute approximate surface area is 125 Å². The predicted octanol–water partition coefficient (Wildman–Crippen LogP) is 3.29. The fourth-order valence-corrected chi connectivity index (χ4v) is 3.20. The van der Waals surface area contributed by atoms with Crippen molar-refractivity contribution in [1.29, 1.82) is 0 Å². The molecule has 3 nitrogen and oxygen atoms in total. The number of para-hydroxylation sites is 1. The molecule has 0 spiro atoms. The maximum absolute atomic E-state index is 12.4. The van der Waals surface area contributed by atoms with Crippen LogP contribution in [0.5, 0.6) is 0 Å². The summed E-state index contributed by atoms with van der Waals surface area (Å²) in [5.74, 6) is 1.30. The molecule has 1 aromatic carbocycles. The lowest BCUT2D eigenvalue weighted by Crippen LogP contribution is -2.48. The first-order chi connectivity index (χ1) is 9.72. The number of rotatable bonds is 5. The van der Waals surface area contributed by atoms with Crippen molar-refractivity contribution < 1.29 is 4.79 Å². The zero-order chi connectivity index (χ0) is 14.4. The van der Waals surface area contributed by atoms with Gasteiger partial charge in [-0.25, -0.2) is 0 Å². The molecule has 0 radical (unpaired) electrons. The van der Waals surface area contributed by atoms with Gasteiger partial charge < -0.3 is 10.6 Å². The van der Waals surface area contributed by atoms with Crippen molar-refractivity contribution in [3.8, 4) is 0 Å². The lowest BCUT2D eigenvalue weighted by atomic mass is 9.92. The van der Waals surface area contributed by atoms with Crippen LogP contribution in [0.2, 0.25) is 0 Å². The molecule has 4 heteroatoms. The minimum atomic E-state index is -0.0822. The highest BCUT2D eigenvalue weighted by Gasteiger charge is 2.27. The molecule has 1 heterocycles. The van der Waals surface area contributed by atoms with Crippen molar-refractivity contribution in [1.82, 2.24) is 5.32 Å². The van der Waals surface area contributed by atoms with Crippen LogP contribution >= 0.6 is 11.8 Å². The van der Waals surface area contributed by atoms with E-state index in [1.165, 1.54) is 0 Å². The summed E-state index contributed by atoms with van der Waals surface area (Å²) >= 11 is 1.68. The number of carbonyl (C=O) groups is 1. The van der Waals surface area contributed by atoms with E-state index in [2.05, 4.69) is 24.1 Å².